The third-order valence-electron chi connectivity index (χ3n) is 6.95. The molecule has 0 saturated heterocycles. The Bertz CT molecular complexity index is 638. The molecule has 4 aliphatic carbocycles. The van der Waals surface area contributed by atoms with Crippen molar-refractivity contribution in [2.24, 2.45) is 23.7 Å². The van der Waals surface area contributed by atoms with Crippen LogP contribution in [0.2, 0.25) is 0 Å². The second kappa shape index (κ2) is 6.03. The molecule has 25 heavy (non-hydrogen) atoms. The average Bonchev–Trinajstić information content (AvgIpc) is 2.52. The van der Waals surface area contributed by atoms with Crippen LogP contribution in [0.3, 0.4) is 0 Å². The number of nitrogens with zero attached hydrogens (tertiary/aromatic N) is 1. The molecule has 0 radical (unpaired) electrons. The first-order valence-electron chi connectivity index (χ1n) is 9.95. The number of benzene rings is 1. The molecule has 136 valence electrons. The quantitative estimate of drug-likeness (QED) is 0.877. The third-order valence-corrected chi connectivity index (χ3v) is 6.95. The highest BCUT2D eigenvalue weighted by Gasteiger charge is 2.51. The number of nitrogens with one attached hydrogen (secondary N) is 1. The van der Waals surface area contributed by atoms with Crippen molar-refractivity contribution < 1.29 is 4.79 Å². The Hall–Kier alpha value is -1.51. The lowest BCUT2D eigenvalue weighted by Gasteiger charge is -2.57. The van der Waals surface area contributed by atoms with Crippen LogP contribution in [-0.2, 0) is 4.79 Å². The smallest absolute Gasteiger partial charge is 0.247 e. The molecule has 1 aromatic carbocycles. The van der Waals surface area contributed by atoms with Gasteiger partial charge in [-0.05, 0) is 94.2 Å². The van der Waals surface area contributed by atoms with Gasteiger partial charge in [-0.25, -0.2) is 0 Å². The highest BCUT2D eigenvalue weighted by Crippen LogP contribution is 2.55. The Morgan fingerprint density at radius 3 is 2.24 bits per heavy atom. The second-order valence-corrected chi connectivity index (χ2v) is 9.46. The van der Waals surface area contributed by atoms with Gasteiger partial charge in [-0.2, -0.15) is 0 Å². The Morgan fingerprint density at radius 1 is 1.08 bits per heavy atom. The fourth-order valence-corrected chi connectivity index (χ4v) is 6.24. The number of carbonyl (C=O) groups excluding carboxylic acids is 1. The Kier molecular flexibility index (Phi) is 4.09. The van der Waals surface area contributed by atoms with Crippen molar-refractivity contribution in [2.75, 3.05) is 12.4 Å². The summed E-state index contributed by atoms with van der Waals surface area (Å²) in [6.07, 6.45) is 6.85. The number of rotatable bonds is 4. The zero-order valence-electron chi connectivity index (χ0n) is 16.1. The van der Waals surface area contributed by atoms with Crippen molar-refractivity contribution in [1.82, 2.24) is 4.90 Å². The van der Waals surface area contributed by atoms with Crippen LogP contribution < -0.4 is 5.32 Å². The van der Waals surface area contributed by atoms with Crippen LogP contribution in [0.4, 0.5) is 5.69 Å². The summed E-state index contributed by atoms with van der Waals surface area (Å²) in [6, 6.07) is 8.74. The standard InChI is InChI=1S/C22H32N2O/c1-14-6-5-7-19(8-14)23-22(2,3)21(25)24(4)20-17-10-15-9-16(12-17)13-18(20)11-15/h5-8,15-18,20,23H,9-13H2,1-4H3. The molecule has 5 rings (SSSR count). The SMILES string of the molecule is Cc1cccc(NC(C)(C)C(=O)N(C)C2C3CC4CC(C3)CC2C4)c1. The van der Waals surface area contributed by atoms with Crippen LogP contribution in [-0.4, -0.2) is 29.4 Å². The predicted molar refractivity (Wildman–Crippen MR) is 102 cm³/mol. The molecule has 3 heteroatoms. The van der Waals surface area contributed by atoms with E-state index in [0.717, 1.165) is 29.4 Å². The van der Waals surface area contributed by atoms with Gasteiger partial charge < -0.3 is 10.2 Å². The van der Waals surface area contributed by atoms with E-state index in [0.29, 0.717) is 6.04 Å². The second-order valence-electron chi connectivity index (χ2n) is 9.46. The number of hydrogen-bond donors (Lipinski definition) is 1. The average molecular weight is 341 g/mol. The van der Waals surface area contributed by atoms with Crippen molar-refractivity contribution in [1.29, 1.82) is 0 Å². The molecule has 0 aliphatic heterocycles. The van der Waals surface area contributed by atoms with Gasteiger partial charge in [0.15, 0.2) is 0 Å². The third kappa shape index (κ3) is 3.07. The molecule has 0 spiro atoms. The lowest BCUT2D eigenvalue weighted by atomic mass is 9.54. The lowest BCUT2D eigenvalue weighted by Crippen LogP contribution is -2.60. The highest BCUT2D eigenvalue weighted by molar-refractivity contribution is 5.88. The fraction of sp³-hybridized carbons (Fsp3) is 0.682. The summed E-state index contributed by atoms with van der Waals surface area (Å²) < 4.78 is 0. The van der Waals surface area contributed by atoms with Crippen molar-refractivity contribution in [3.8, 4) is 0 Å². The predicted octanol–water partition coefficient (Wildman–Crippen LogP) is 4.47. The molecule has 0 aromatic heterocycles. The van der Waals surface area contributed by atoms with E-state index in [4.69, 9.17) is 0 Å². The number of carbonyl (C=O) groups is 1. The van der Waals surface area contributed by atoms with Crippen LogP contribution >= 0.6 is 0 Å². The first-order valence-corrected chi connectivity index (χ1v) is 9.95. The van der Waals surface area contributed by atoms with E-state index in [1.54, 1.807) is 0 Å². The molecule has 0 heterocycles. The van der Waals surface area contributed by atoms with Crippen LogP contribution in [0.15, 0.2) is 24.3 Å². The Labute approximate surface area is 152 Å². The summed E-state index contributed by atoms with van der Waals surface area (Å²) in [5, 5.41) is 3.47. The van der Waals surface area contributed by atoms with E-state index < -0.39 is 5.54 Å². The van der Waals surface area contributed by atoms with Crippen LogP contribution in [0.1, 0.15) is 51.5 Å². The maximum atomic E-state index is 13.3. The molecule has 4 aliphatic rings. The van der Waals surface area contributed by atoms with E-state index >= 15 is 0 Å². The summed E-state index contributed by atoms with van der Waals surface area (Å²) in [6.45, 7) is 6.12. The molecule has 4 saturated carbocycles. The largest absolute Gasteiger partial charge is 0.372 e. The molecule has 4 bridgehead atoms. The van der Waals surface area contributed by atoms with E-state index in [9.17, 15) is 4.79 Å². The maximum Gasteiger partial charge on any atom is 0.247 e. The first kappa shape index (κ1) is 16.9. The minimum atomic E-state index is -0.586. The topological polar surface area (TPSA) is 32.3 Å². The van der Waals surface area contributed by atoms with E-state index in [1.807, 2.05) is 26.0 Å². The van der Waals surface area contributed by atoms with Crippen molar-refractivity contribution in [2.45, 2.75) is 64.5 Å². The normalized spacial score (nSPS) is 33.4. The molecular weight excluding hydrogens is 308 g/mol. The zero-order valence-corrected chi connectivity index (χ0v) is 16.1. The molecule has 0 atom stereocenters. The van der Waals surface area contributed by atoms with E-state index in [2.05, 4.69) is 36.3 Å². The summed E-state index contributed by atoms with van der Waals surface area (Å²) >= 11 is 0. The van der Waals surface area contributed by atoms with Crippen LogP contribution in [0.5, 0.6) is 0 Å². The minimum Gasteiger partial charge on any atom is -0.372 e. The van der Waals surface area contributed by atoms with Gasteiger partial charge in [0.1, 0.15) is 5.54 Å². The molecule has 1 amide bonds. The molecule has 3 nitrogen and oxygen atoms in total. The van der Waals surface area contributed by atoms with Gasteiger partial charge in [-0.15, -0.1) is 0 Å². The van der Waals surface area contributed by atoms with Gasteiger partial charge in [0.05, 0.1) is 0 Å². The highest BCUT2D eigenvalue weighted by atomic mass is 16.2. The molecule has 0 unspecified atom stereocenters. The van der Waals surface area contributed by atoms with E-state index in [1.165, 1.54) is 37.7 Å². The summed E-state index contributed by atoms with van der Waals surface area (Å²) in [5.41, 5.74) is 1.65. The molecular formula is C22H32N2O. The number of aryl methyl sites for hydroxylation is 1. The number of anilines is 1. The van der Waals surface area contributed by atoms with Crippen molar-refractivity contribution in [3.05, 3.63) is 29.8 Å². The van der Waals surface area contributed by atoms with Crippen LogP contribution in [0.25, 0.3) is 0 Å². The number of hydrogen-bond acceptors (Lipinski definition) is 2. The van der Waals surface area contributed by atoms with E-state index in [-0.39, 0.29) is 5.91 Å². The van der Waals surface area contributed by atoms with Gasteiger partial charge in [0.2, 0.25) is 5.91 Å². The fourth-order valence-electron chi connectivity index (χ4n) is 6.24. The maximum absolute atomic E-state index is 13.3. The zero-order chi connectivity index (χ0) is 17.8. The lowest BCUT2D eigenvalue weighted by molar-refractivity contribution is -0.144. The van der Waals surface area contributed by atoms with Crippen molar-refractivity contribution in [3.63, 3.8) is 0 Å². The molecule has 1 N–H and O–H groups in total. The minimum absolute atomic E-state index is 0.228. The first-order chi connectivity index (χ1) is 11.8. The number of likely N-dealkylation sites (N-methyl/N-ethyl adjacent to an activating group) is 1. The molecule has 4 fully saturated rings. The van der Waals surface area contributed by atoms with Gasteiger partial charge >= 0.3 is 0 Å². The Balaban J connectivity index is 1.49. The number of amides is 1. The summed E-state index contributed by atoms with van der Waals surface area (Å²) in [7, 11) is 2.05. The summed E-state index contributed by atoms with van der Waals surface area (Å²) in [4.78, 5) is 15.4. The van der Waals surface area contributed by atoms with Crippen molar-refractivity contribution >= 4 is 11.6 Å². The molecule has 1 aromatic rings. The van der Waals surface area contributed by atoms with Gasteiger partial charge in [0.25, 0.3) is 0 Å². The monoisotopic (exact) mass is 340 g/mol. The van der Waals surface area contributed by atoms with Gasteiger partial charge in [-0.1, -0.05) is 12.1 Å². The van der Waals surface area contributed by atoms with Crippen LogP contribution in [0, 0.1) is 30.6 Å². The Morgan fingerprint density at radius 2 is 1.68 bits per heavy atom. The van der Waals surface area contributed by atoms with Gasteiger partial charge in [-0.3, -0.25) is 4.79 Å². The summed E-state index contributed by atoms with van der Waals surface area (Å²) in [5.74, 6) is 3.59. The van der Waals surface area contributed by atoms with Gasteiger partial charge in [0, 0.05) is 18.8 Å².